The first-order chi connectivity index (χ1) is 6.86. The van der Waals surface area contributed by atoms with E-state index >= 15 is 0 Å². The maximum atomic E-state index is 3.42. The number of nitrogens with zero attached hydrogens (tertiary/aromatic N) is 1. The van der Waals surface area contributed by atoms with Crippen LogP contribution in [0.15, 0.2) is 23.9 Å². The smallest absolute Gasteiger partial charge is 0.0987 e. The molecule has 1 saturated heterocycles. The van der Waals surface area contributed by atoms with Crippen molar-refractivity contribution in [3.05, 3.63) is 23.9 Å². The molecule has 0 spiro atoms. The number of rotatable bonds is 1. The Hall–Kier alpha value is -0.800. The molecule has 0 aromatic rings. The van der Waals surface area contributed by atoms with E-state index in [4.69, 9.17) is 0 Å². The van der Waals surface area contributed by atoms with Gasteiger partial charge in [0.25, 0.3) is 0 Å². The molecular weight excluding hydrogens is 174 g/mol. The summed E-state index contributed by atoms with van der Waals surface area (Å²) in [6.07, 6.45) is 8.12. The molecule has 0 aromatic carbocycles. The molecule has 0 amide bonds. The van der Waals surface area contributed by atoms with Crippen LogP contribution < -0.4 is 10.6 Å². The van der Waals surface area contributed by atoms with E-state index in [0.717, 1.165) is 19.6 Å². The number of hydrogen-bond acceptors (Lipinski definition) is 3. The van der Waals surface area contributed by atoms with E-state index in [9.17, 15) is 0 Å². The Labute approximate surface area is 85.9 Å². The summed E-state index contributed by atoms with van der Waals surface area (Å²) in [5, 5.41) is 6.81. The molecule has 0 bridgehead atoms. The Morgan fingerprint density at radius 2 is 2.29 bits per heavy atom. The van der Waals surface area contributed by atoms with Gasteiger partial charge in [0.05, 0.1) is 6.17 Å². The van der Waals surface area contributed by atoms with Gasteiger partial charge in [-0.3, -0.25) is 4.90 Å². The Morgan fingerprint density at radius 1 is 1.36 bits per heavy atom. The maximum Gasteiger partial charge on any atom is 0.0987 e. The van der Waals surface area contributed by atoms with Crippen molar-refractivity contribution in [3.63, 3.8) is 0 Å². The molecule has 2 heterocycles. The summed E-state index contributed by atoms with van der Waals surface area (Å²) < 4.78 is 0. The van der Waals surface area contributed by atoms with Gasteiger partial charge in [-0.25, -0.2) is 0 Å². The predicted octanol–water partition coefficient (Wildman–Crippen LogP) is 0.671. The van der Waals surface area contributed by atoms with Crippen LogP contribution in [0.1, 0.15) is 13.3 Å². The molecule has 1 fully saturated rings. The Bertz CT molecular complexity index is 237. The summed E-state index contributed by atoms with van der Waals surface area (Å²) in [5.41, 5.74) is 1.35. The number of hydrogen-bond donors (Lipinski definition) is 2. The third kappa shape index (κ3) is 2.36. The van der Waals surface area contributed by atoms with Crippen molar-refractivity contribution >= 4 is 0 Å². The summed E-state index contributed by atoms with van der Waals surface area (Å²) in [5.74, 6) is 0. The molecule has 3 heteroatoms. The van der Waals surface area contributed by atoms with E-state index in [1.165, 1.54) is 18.5 Å². The van der Waals surface area contributed by atoms with E-state index in [1.807, 2.05) is 0 Å². The average molecular weight is 193 g/mol. The fourth-order valence-electron chi connectivity index (χ4n) is 1.99. The van der Waals surface area contributed by atoms with E-state index < -0.39 is 0 Å². The second kappa shape index (κ2) is 4.62. The Morgan fingerprint density at radius 3 is 3.14 bits per heavy atom. The summed E-state index contributed by atoms with van der Waals surface area (Å²) in [7, 11) is 0. The fraction of sp³-hybridized carbons (Fsp3) is 0.636. The van der Waals surface area contributed by atoms with Gasteiger partial charge in [-0.1, -0.05) is 5.57 Å². The van der Waals surface area contributed by atoms with E-state index in [0.29, 0.717) is 6.17 Å². The molecule has 0 aromatic heterocycles. The lowest BCUT2D eigenvalue weighted by atomic mass is 10.2. The van der Waals surface area contributed by atoms with Gasteiger partial charge in [-0.05, 0) is 38.2 Å². The summed E-state index contributed by atoms with van der Waals surface area (Å²) in [6.45, 7) is 6.73. The predicted molar refractivity (Wildman–Crippen MR) is 58.9 cm³/mol. The minimum atomic E-state index is 0.403. The van der Waals surface area contributed by atoms with Crippen LogP contribution in [0.5, 0.6) is 0 Å². The van der Waals surface area contributed by atoms with Crippen LogP contribution in [-0.4, -0.2) is 37.2 Å². The van der Waals surface area contributed by atoms with Crippen molar-refractivity contribution in [2.24, 2.45) is 0 Å². The number of dihydropyridines is 1. The van der Waals surface area contributed by atoms with Crippen molar-refractivity contribution in [1.29, 1.82) is 0 Å². The van der Waals surface area contributed by atoms with Crippen LogP contribution in [0.4, 0.5) is 0 Å². The number of nitrogens with one attached hydrogen (secondary N) is 2. The third-order valence-corrected chi connectivity index (χ3v) is 2.80. The maximum absolute atomic E-state index is 3.42. The van der Waals surface area contributed by atoms with Crippen molar-refractivity contribution in [2.75, 3.05) is 26.2 Å². The minimum absolute atomic E-state index is 0.403. The van der Waals surface area contributed by atoms with Crippen molar-refractivity contribution < 1.29 is 0 Å². The van der Waals surface area contributed by atoms with E-state index in [1.54, 1.807) is 0 Å². The fourth-order valence-corrected chi connectivity index (χ4v) is 1.99. The van der Waals surface area contributed by atoms with Crippen molar-refractivity contribution in [3.8, 4) is 0 Å². The molecule has 2 N–H and O–H groups in total. The molecule has 3 nitrogen and oxygen atoms in total. The Kier molecular flexibility index (Phi) is 3.22. The lowest BCUT2D eigenvalue weighted by Crippen LogP contribution is -2.45. The molecular formula is C11H19N3. The third-order valence-electron chi connectivity index (χ3n) is 2.80. The second-order valence-corrected chi connectivity index (χ2v) is 4.00. The SMILES string of the molecule is CC1=CC(N2CCCNCC2)NC=C1. The van der Waals surface area contributed by atoms with Gasteiger partial charge in [0, 0.05) is 19.6 Å². The van der Waals surface area contributed by atoms with Gasteiger partial charge in [0.2, 0.25) is 0 Å². The standard InChI is InChI=1S/C11H19N3/c1-10-3-5-13-11(9-10)14-7-2-4-12-6-8-14/h3,5,9,11-13H,2,4,6-8H2,1H3. The van der Waals surface area contributed by atoms with Gasteiger partial charge in [0.1, 0.15) is 0 Å². The van der Waals surface area contributed by atoms with Gasteiger partial charge < -0.3 is 10.6 Å². The largest absolute Gasteiger partial charge is 0.372 e. The zero-order valence-corrected chi connectivity index (χ0v) is 8.79. The van der Waals surface area contributed by atoms with Crippen LogP contribution in [-0.2, 0) is 0 Å². The Balaban J connectivity index is 1.96. The first kappa shape index (κ1) is 9.74. The minimum Gasteiger partial charge on any atom is -0.372 e. The van der Waals surface area contributed by atoms with E-state index in [-0.39, 0.29) is 0 Å². The zero-order valence-electron chi connectivity index (χ0n) is 8.79. The highest BCUT2D eigenvalue weighted by atomic mass is 15.3. The molecule has 1 unspecified atom stereocenters. The molecule has 0 saturated carbocycles. The molecule has 2 aliphatic heterocycles. The van der Waals surface area contributed by atoms with Gasteiger partial charge in [-0.15, -0.1) is 0 Å². The highest BCUT2D eigenvalue weighted by Crippen LogP contribution is 2.09. The van der Waals surface area contributed by atoms with Crippen LogP contribution in [0.25, 0.3) is 0 Å². The topological polar surface area (TPSA) is 27.3 Å². The lowest BCUT2D eigenvalue weighted by molar-refractivity contribution is 0.225. The first-order valence-electron chi connectivity index (χ1n) is 5.42. The molecule has 78 valence electrons. The average Bonchev–Trinajstić information content (AvgIpc) is 2.45. The highest BCUT2D eigenvalue weighted by molar-refractivity contribution is 5.22. The molecule has 2 aliphatic rings. The van der Waals surface area contributed by atoms with Gasteiger partial charge in [0.15, 0.2) is 0 Å². The van der Waals surface area contributed by atoms with Gasteiger partial charge in [-0.2, -0.15) is 0 Å². The molecule has 14 heavy (non-hydrogen) atoms. The lowest BCUT2D eigenvalue weighted by Gasteiger charge is -2.30. The molecule has 2 rings (SSSR count). The molecule has 1 atom stereocenters. The van der Waals surface area contributed by atoms with Crippen molar-refractivity contribution in [1.82, 2.24) is 15.5 Å². The van der Waals surface area contributed by atoms with Crippen LogP contribution in [0, 0.1) is 0 Å². The number of allylic oxidation sites excluding steroid dienone is 2. The second-order valence-electron chi connectivity index (χ2n) is 4.00. The van der Waals surface area contributed by atoms with E-state index in [2.05, 4.69) is 40.8 Å². The normalized spacial score (nSPS) is 29.2. The molecule has 0 radical (unpaired) electrons. The quantitative estimate of drug-likeness (QED) is 0.641. The van der Waals surface area contributed by atoms with Crippen LogP contribution in [0.2, 0.25) is 0 Å². The summed E-state index contributed by atoms with van der Waals surface area (Å²) in [6, 6.07) is 0. The monoisotopic (exact) mass is 193 g/mol. The summed E-state index contributed by atoms with van der Waals surface area (Å²) >= 11 is 0. The van der Waals surface area contributed by atoms with Crippen LogP contribution >= 0.6 is 0 Å². The van der Waals surface area contributed by atoms with Gasteiger partial charge >= 0.3 is 0 Å². The summed E-state index contributed by atoms with van der Waals surface area (Å²) in [4.78, 5) is 2.49. The zero-order chi connectivity index (χ0) is 9.80. The highest BCUT2D eigenvalue weighted by Gasteiger charge is 2.17. The molecule has 0 aliphatic carbocycles. The van der Waals surface area contributed by atoms with Crippen molar-refractivity contribution in [2.45, 2.75) is 19.5 Å². The van der Waals surface area contributed by atoms with Crippen LogP contribution in [0.3, 0.4) is 0 Å². The first-order valence-corrected chi connectivity index (χ1v) is 5.42.